The van der Waals surface area contributed by atoms with Gasteiger partial charge in [-0.25, -0.2) is 4.79 Å². The number of benzene rings is 3. The number of aromatic carboxylic acids is 1. The van der Waals surface area contributed by atoms with Crippen molar-refractivity contribution in [3.63, 3.8) is 0 Å². The number of carbonyl (C=O) groups is 1. The first-order chi connectivity index (χ1) is 12.5. The summed E-state index contributed by atoms with van der Waals surface area (Å²) in [4.78, 5) is 11.7. The first-order valence-corrected chi connectivity index (χ1v) is 8.69. The quantitative estimate of drug-likeness (QED) is 0.555. The van der Waals surface area contributed by atoms with Crippen LogP contribution in [-0.2, 0) is 17.1 Å². The molecule has 2 N–H and O–H groups in total. The van der Waals surface area contributed by atoms with E-state index in [1.165, 1.54) is 0 Å². The van der Waals surface area contributed by atoms with Crippen LogP contribution in [0.3, 0.4) is 0 Å². The van der Waals surface area contributed by atoms with Gasteiger partial charge in [-0.2, -0.15) is 0 Å². The minimum atomic E-state index is -1.12. The molecule has 4 heteroatoms. The van der Waals surface area contributed by atoms with Crippen molar-refractivity contribution in [1.29, 1.82) is 0 Å². The van der Waals surface area contributed by atoms with Crippen LogP contribution in [0, 0.1) is 0 Å². The van der Waals surface area contributed by atoms with Gasteiger partial charge in [-0.1, -0.05) is 80.6 Å². The first-order valence-electron chi connectivity index (χ1n) is 8.69. The van der Waals surface area contributed by atoms with Gasteiger partial charge in [0.05, 0.1) is 0 Å². The van der Waals surface area contributed by atoms with Crippen LogP contribution in [0.5, 0.6) is 5.75 Å². The van der Waals surface area contributed by atoms with Crippen molar-refractivity contribution < 1.29 is 32.1 Å². The third-order valence-electron chi connectivity index (χ3n) is 4.96. The summed E-state index contributed by atoms with van der Waals surface area (Å²) in [5.41, 5.74) is 3.60. The van der Waals surface area contributed by atoms with Gasteiger partial charge in [-0.05, 0) is 22.8 Å². The zero-order chi connectivity index (χ0) is 18.7. The Morgan fingerprint density at radius 2 is 1.26 bits per heavy atom. The first kappa shape index (κ1) is 20.8. The topological polar surface area (TPSA) is 57.5 Å². The standard InChI is InChI=1S/C23H22O3.Cu/c1-15(17-9-5-3-6-10-17)19-13-20(22(24)21(14-19)23(25)26)16(2)18-11-7-4-8-12-18;/h3-16,24H,1-2H3,(H,25,26);. The molecule has 2 atom stereocenters. The molecule has 0 saturated heterocycles. The van der Waals surface area contributed by atoms with Gasteiger partial charge in [0, 0.05) is 34.5 Å². The van der Waals surface area contributed by atoms with Gasteiger partial charge in [0.25, 0.3) is 0 Å². The SMILES string of the molecule is CC(c1ccccc1)c1cc(C(=O)O)c(O)c(C(C)c2ccccc2)c1.[Cu]. The molecule has 143 valence electrons. The van der Waals surface area contributed by atoms with Gasteiger partial charge >= 0.3 is 5.97 Å². The van der Waals surface area contributed by atoms with Gasteiger partial charge in [-0.3, -0.25) is 0 Å². The van der Waals surface area contributed by atoms with E-state index in [9.17, 15) is 15.0 Å². The van der Waals surface area contributed by atoms with Crippen molar-refractivity contribution in [2.75, 3.05) is 0 Å². The van der Waals surface area contributed by atoms with Crippen LogP contribution in [-0.4, -0.2) is 16.2 Å². The van der Waals surface area contributed by atoms with Crippen molar-refractivity contribution in [2.45, 2.75) is 25.7 Å². The second-order valence-corrected chi connectivity index (χ2v) is 6.58. The molecular formula is C23H22CuO3. The monoisotopic (exact) mass is 409 g/mol. The Bertz CT molecular complexity index is 908. The van der Waals surface area contributed by atoms with E-state index >= 15 is 0 Å². The molecule has 3 rings (SSSR count). The van der Waals surface area contributed by atoms with E-state index < -0.39 is 5.97 Å². The average molecular weight is 410 g/mol. The summed E-state index contributed by atoms with van der Waals surface area (Å²) >= 11 is 0. The van der Waals surface area contributed by atoms with Crippen molar-refractivity contribution in [2.24, 2.45) is 0 Å². The third kappa shape index (κ3) is 4.41. The zero-order valence-corrected chi connectivity index (χ0v) is 16.1. The fourth-order valence-corrected chi connectivity index (χ4v) is 3.28. The van der Waals surface area contributed by atoms with E-state index in [0.29, 0.717) is 5.56 Å². The van der Waals surface area contributed by atoms with Gasteiger partial charge in [-0.15, -0.1) is 0 Å². The Balaban J connectivity index is 0.00000261. The minimum Gasteiger partial charge on any atom is -0.507 e. The second kappa shape index (κ2) is 8.90. The zero-order valence-electron chi connectivity index (χ0n) is 15.2. The molecule has 2 unspecified atom stereocenters. The number of hydrogen-bond acceptors (Lipinski definition) is 2. The number of carboxylic acid groups (broad SMARTS) is 1. The molecule has 0 fully saturated rings. The van der Waals surface area contributed by atoms with Gasteiger partial charge in [0.2, 0.25) is 0 Å². The van der Waals surface area contributed by atoms with Gasteiger partial charge in [0.15, 0.2) is 0 Å². The fraction of sp³-hybridized carbons (Fsp3) is 0.174. The normalized spacial score (nSPS) is 12.7. The Kier molecular flexibility index (Phi) is 6.84. The summed E-state index contributed by atoms with van der Waals surface area (Å²) in [7, 11) is 0. The Labute approximate surface area is 170 Å². The molecule has 0 saturated carbocycles. The van der Waals surface area contributed by atoms with Crippen LogP contribution >= 0.6 is 0 Å². The molecule has 0 spiro atoms. The number of carboxylic acids is 1. The molecule has 3 nitrogen and oxygen atoms in total. The van der Waals surface area contributed by atoms with Gasteiger partial charge in [0.1, 0.15) is 11.3 Å². The molecule has 3 aromatic carbocycles. The third-order valence-corrected chi connectivity index (χ3v) is 4.96. The molecule has 0 aliphatic rings. The van der Waals surface area contributed by atoms with Crippen LogP contribution in [0.1, 0.15) is 58.3 Å². The van der Waals surface area contributed by atoms with Crippen molar-refractivity contribution in [3.05, 3.63) is 101 Å². The maximum Gasteiger partial charge on any atom is 0.339 e. The van der Waals surface area contributed by atoms with Crippen LogP contribution in [0.15, 0.2) is 72.8 Å². The Hall–Kier alpha value is -2.55. The van der Waals surface area contributed by atoms with Crippen LogP contribution < -0.4 is 0 Å². The Morgan fingerprint density at radius 3 is 1.74 bits per heavy atom. The molecule has 3 aromatic rings. The smallest absolute Gasteiger partial charge is 0.339 e. The maximum absolute atomic E-state index is 11.7. The molecule has 0 aliphatic heterocycles. The predicted octanol–water partition coefficient (Wildman–Crippen LogP) is 5.39. The summed E-state index contributed by atoms with van der Waals surface area (Å²) in [6.07, 6.45) is 0. The molecule has 0 amide bonds. The number of rotatable bonds is 5. The largest absolute Gasteiger partial charge is 0.507 e. The predicted molar refractivity (Wildman–Crippen MR) is 103 cm³/mol. The second-order valence-electron chi connectivity index (χ2n) is 6.58. The summed E-state index contributed by atoms with van der Waals surface area (Å²) in [5.74, 6) is -1.36. The van der Waals surface area contributed by atoms with Crippen molar-refractivity contribution in [3.8, 4) is 5.75 Å². The molecule has 0 bridgehead atoms. The minimum absolute atomic E-state index is 0. The number of phenols is 1. The van der Waals surface area contributed by atoms with E-state index in [1.54, 1.807) is 6.07 Å². The molecular weight excluding hydrogens is 388 g/mol. The molecule has 0 aliphatic carbocycles. The van der Waals surface area contributed by atoms with Crippen LogP contribution in [0.25, 0.3) is 0 Å². The van der Waals surface area contributed by atoms with Crippen molar-refractivity contribution >= 4 is 5.97 Å². The van der Waals surface area contributed by atoms with Gasteiger partial charge < -0.3 is 10.2 Å². The Morgan fingerprint density at radius 1 is 0.778 bits per heavy atom. The van der Waals surface area contributed by atoms with E-state index in [0.717, 1.165) is 16.7 Å². The molecule has 1 radical (unpaired) electrons. The number of aromatic hydroxyl groups is 1. The van der Waals surface area contributed by atoms with E-state index in [-0.39, 0.29) is 40.2 Å². The van der Waals surface area contributed by atoms with Crippen LogP contribution in [0.2, 0.25) is 0 Å². The summed E-state index contributed by atoms with van der Waals surface area (Å²) in [6.45, 7) is 4.03. The fourth-order valence-electron chi connectivity index (χ4n) is 3.28. The molecule has 27 heavy (non-hydrogen) atoms. The van der Waals surface area contributed by atoms with E-state index in [4.69, 9.17) is 0 Å². The van der Waals surface area contributed by atoms with Crippen LogP contribution in [0.4, 0.5) is 0 Å². The molecule has 0 aromatic heterocycles. The average Bonchev–Trinajstić information content (AvgIpc) is 2.68. The summed E-state index contributed by atoms with van der Waals surface area (Å²) < 4.78 is 0. The van der Waals surface area contributed by atoms with E-state index in [2.05, 4.69) is 0 Å². The van der Waals surface area contributed by atoms with Crippen molar-refractivity contribution in [1.82, 2.24) is 0 Å². The number of hydrogen-bond donors (Lipinski definition) is 2. The van der Waals surface area contributed by atoms with E-state index in [1.807, 2.05) is 80.6 Å². The summed E-state index contributed by atoms with van der Waals surface area (Å²) in [5, 5.41) is 20.1. The summed E-state index contributed by atoms with van der Waals surface area (Å²) in [6, 6.07) is 23.2. The maximum atomic E-state index is 11.7. The molecule has 0 heterocycles.